The quantitative estimate of drug-likeness (QED) is 0.586. The molecule has 0 fully saturated rings. The third kappa shape index (κ3) is 0.903. The zero-order valence-electron chi connectivity index (χ0n) is 7.12. The first-order valence-electron chi connectivity index (χ1n) is 4.39. The van der Waals surface area contributed by atoms with Crippen molar-refractivity contribution in [2.24, 2.45) is 0 Å². The van der Waals surface area contributed by atoms with E-state index in [1.807, 2.05) is 24.4 Å². The average Bonchev–Trinajstić information content (AvgIpc) is 2.65. The van der Waals surface area contributed by atoms with E-state index in [1.54, 1.807) is 0 Å². The van der Waals surface area contributed by atoms with E-state index < -0.39 is 0 Å². The molecule has 2 aromatic rings. The largest absolute Gasteiger partial charge is 0.256 e. The number of fused-ring (bicyclic) bond motifs is 3. The topological polar surface area (TPSA) is 12.9 Å². The smallest absolute Gasteiger partial charge is 0.0708 e. The minimum absolute atomic E-state index is 1.02. The Morgan fingerprint density at radius 1 is 1.38 bits per heavy atom. The molecule has 1 nitrogen and oxygen atoms in total. The molecule has 1 aliphatic carbocycles. The second kappa shape index (κ2) is 2.43. The molecular weight excluding hydrogens is 158 g/mol. The molecule has 1 heteroatoms. The van der Waals surface area contributed by atoms with Gasteiger partial charge in [0.2, 0.25) is 0 Å². The first-order valence-corrected chi connectivity index (χ1v) is 4.39. The highest BCUT2D eigenvalue weighted by molar-refractivity contribution is 5.90. The summed E-state index contributed by atoms with van der Waals surface area (Å²) in [5.74, 6) is 0. The van der Waals surface area contributed by atoms with Gasteiger partial charge in [-0.2, -0.15) is 0 Å². The van der Waals surface area contributed by atoms with Crippen LogP contribution in [0.1, 0.15) is 11.1 Å². The van der Waals surface area contributed by atoms with Crippen molar-refractivity contribution in [3.05, 3.63) is 47.7 Å². The van der Waals surface area contributed by atoms with Crippen molar-refractivity contribution < 1.29 is 0 Å². The minimum atomic E-state index is 1.02. The zero-order valence-corrected chi connectivity index (χ0v) is 7.12. The van der Waals surface area contributed by atoms with E-state index >= 15 is 0 Å². The van der Waals surface area contributed by atoms with E-state index in [2.05, 4.69) is 23.2 Å². The van der Waals surface area contributed by atoms with Gasteiger partial charge in [0.1, 0.15) is 0 Å². The standard InChI is InChI=1S/C12H8N/c1-2-7-12-11(5-1)10-6-3-4-9(10)8-13-12/h2-3,5-8H,4H2. The second-order valence-corrected chi connectivity index (χ2v) is 3.25. The van der Waals surface area contributed by atoms with E-state index in [9.17, 15) is 0 Å². The summed E-state index contributed by atoms with van der Waals surface area (Å²) in [4.78, 5) is 4.39. The summed E-state index contributed by atoms with van der Waals surface area (Å²) >= 11 is 0. The lowest BCUT2D eigenvalue weighted by Gasteiger charge is -2.02. The van der Waals surface area contributed by atoms with Crippen LogP contribution in [0.2, 0.25) is 0 Å². The highest BCUT2D eigenvalue weighted by Crippen LogP contribution is 2.25. The summed E-state index contributed by atoms with van der Waals surface area (Å²) in [6, 6.07) is 9.01. The fraction of sp³-hybridized carbons (Fsp3) is 0.0833. The Kier molecular flexibility index (Phi) is 1.28. The molecule has 3 rings (SSSR count). The summed E-state index contributed by atoms with van der Waals surface area (Å²) < 4.78 is 0. The average molecular weight is 166 g/mol. The highest BCUT2D eigenvalue weighted by atomic mass is 14.7. The Labute approximate surface area is 76.7 Å². The number of allylic oxidation sites excluding steroid dienone is 1. The number of pyridine rings is 1. The lowest BCUT2D eigenvalue weighted by atomic mass is 10.1. The van der Waals surface area contributed by atoms with Gasteiger partial charge in [-0.3, -0.25) is 4.98 Å². The second-order valence-electron chi connectivity index (χ2n) is 3.25. The van der Waals surface area contributed by atoms with E-state index in [-0.39, 0.29) is 0 Å². The van der Waals surface area contributed by atoms with Crippen LogP contribution in [-0.2, 0) is 6.42 Å². The third-order valence-electron chi connectivity index (χ3n) is 2.46. The SMILES string of the molecule is [c]1ccc2ncc3c(c2c1)C=CC3. The molecule has 1 aromatic heterocycles. The van der Waals surface area contributed by atoms with Crippen molar-refractivity contribution in [2.75, 3.05) is 0 Å². The van der Waals surface area contributed by atoms with Gasteiger partial charge in [0.15, 0.2) is 0 Å². The van der Waals surface area contributed by atoms with Gasteiger partial charge < -0.3 is 0 Å². The fourth-order valence-corrected chi connectivity index (χ4v) is 1.80. The third-order valence-corrected chi connectivity index (χ3v) is 2.46. The lowest BCUT2D eigenvalue weighted by molar-refractivity contribution is 1.25. The normalized spacial score (nSPS) is 13.5. The molecule has 0 aliphatic heterocycles. The van der Waals surface area contributed by atoms with Crippen LogP contribution in [0.25, 0.3) is 17.0 Å². The summed E-state index contributed by atoms with van der Waals surface area (Å²) in [7, 11) is 0. The van der Waals surface area contributed by atoms with Crippen LogP contribution in [-0.4, -0.2) is 4.98 Å². The van der Waals surface area contributed by atoms with Gasteiger partial charge >= 0.3 is 0 Å². The van der Waals surface area contributed by atoms with Crippen molar-refractivity contribution in [1.29, 1.82) is 0 Å². The Morgan fingerprint density at radius 2 is 2.38 bits per heavy atom. The van der Waals surface area contributed by atoms with E-state index in [0.717, 1.165) is 11.9 Å². The lowest BCUT2D eigenvalue weighted by Crippen LogP contribution is -1.86. The number of hydrogen-bond donors (Lipinski definition) is 0. The molecule has 0 bridgehead atoms. The Morgan fingerprint density at radius 3 is 3.38 bits per heavy atom. The van der Waals surface area contributed by atoms with E-state index in [4.69, 9.17) is 0 Å². The van der Waals surface area contributed by atoms with Crippen molar-refractivity contribution in [2.45, 2.75) is 6.42 Å². The van der Waals surface area contributed by atoms with Gasteiger partial charge in [0.05, 0.1) is 5.52 Å². The molecule has 0 N–H and O–H groups in total. The van der Waals surface area contributed by atoms with Crippen molar-refractivity contribution in [1.82, 2.24) is 4.98 Å². The molecular formula is C12H8N. The number of hydrogen-bond acceptors (Lipinski definition) is 1. The van der Waals surface area contributed by atoms with Gasteiger partial charge in [0, 0.05) is 11.6 Å². The summed E-state index contributed by atoms with van der Waals surface area (Å²) in [6.07, 6.45) is 7.34. The van der Waals surface area contributed by atoms with Gasteiger partial charge in [-0.25, -0.2) is 0 Å². The maximum atomic E-state index is 4.39. The van der Waals surface area contributed by atoms with Crippen molar-refractivity contribution >= 4 is 17.0 Å². The molecule has 0 unspecified atom stereocenters. The van der Waals surface area contributed by atoms with Gasteiger partial charge in [-0.05, 0) is 35.7 Å². The first kappa shape index (κ1) is 6.84. The Hall–Kier alpha value is -1.63. The molecule has 0 atom stereocenters. The van der Waals surface area contributed by atoms with Gasteiger partial charge in [-0.1, -0.05) is 18.2 Å². The van der Waals surface area contributed by atoms with Crippen LogP contribution in [0.5, 0.6) is 0 Å². The number of benzene rings is 1. The molecule has 0 spiro atoms. The molecule has 13 heavy (non-hydrogen) atoms. The number of aromatic nitrogens is 1. The predicted molar refractivity (Wildman–Crippen MR) is 53.3 cm³/mol. The van der Waals surface area contributed by atoms with E-state index in [0.29, 0.717) is 0 Å². The summed E-state index contributed by atoms with van der Waals surface area (Å²) in [5, 5.41) is 1.22. The Bertz CT molecular complexity index is 497. The van der Waals surface area contributed by atoms with Gasteiger partial charge in [-0.15, -0.1) is 0 Å². The van der Waals surface area contributed by atoms with Crippen molar-refractivity contribution in [3.8, 4) is 0 Å². The summed E-state index contributed by atoms with van der Waals surface area (Å²) in [6.45, 7) is 0. The molecule has 0 saturated carbocycles. The van der Waals surface area contributed by atoms with Crippen LogP contribution >= 0.6 is 0 Å². The molecule has 1 aliphatic rings. The molecule has 61 valence electrons. The van der Waals surface area contributed by atoms with Crippen LogP contribution < -0.4 is 0 Å². The van der Waals surface area contributed by atoms with Crippen molar-refractivity contribution in [3.63, 3.8) is 0 Å². The molecule has 1 radical (unpaired) electrons. The number of nitrogens with zero attached hydrogens (tertiary/aromatic N) is 1. The van der Waals surface area contributed by atoms with Crippen LogP contribution in [0.3, 0.4) is 0 Å². The Balaban J connectivity index is 2.49. The molecule has 0 saturated heterocycles. The predicted octanol–water partition coefficient (Wildman–Crippen LogP) is 2.60. The monoisotopic (exact) mass is 166 g/mol. The maximum Gasteiger partial charge on any atom is 0.0708 e. The highest BCUT2D eigenvalue weighted by Gasteiger charge is 2.08. The molecule has 1 aromatic carbocycles. The molecule has 0 amide bonds. The van der Waals surface area contributed by atoms with Crippen LogP contribution in [0.15, 0.2) is 30.5 Å². The maximum absolute atomic E-state index is 4.39. The number of rotatable bonds is 0. The zero-order chi connectivity index (χ0) is 8.67. The van der Waals surface area contributed by atoms with Gasteiger partial charge in [0.25, 0.3) is 0 Å². The minimum Gasteiger partial charge on any atom is -0.256 e. The molecule has 1 heterocycles. The van der Waals surface area contributed by atoms with Crippen LogP contribution in [0, 0.1) is 6.07 Å². The fourth-order valence-electron chi connectivity index (χ4n) is 1.80. The van der Waals surface area contributed by atoms with Crippen LogP contribution in [0.4, 0.5) is 0 Å². The summed E-state index contributed by atoms with van der Waals surface area (Å²) in [5.41, 5.74) is 3.71. The first-order chi connectivity index (χ1) is 6.45. The van der Waals surface area contributed by atoms with E-state index in [1.165, 1.54) is 16.5 Å².